The minimum absolute atomic E-state index is 0.219. The summed E-state index contributed by atoms with van der Waals surface area (Å²) in [7, 11) is 0. The highest BCUT2D eigenvalue weighted by atomic mass is 16.5. The molecule has 0 unspecified atom stereocenters. The van der Waals surface area contributed by atoms with Crippen molar-refractivity contribution in [3.63, 3.8) is 0 Å². The number of aliphatic hydroxyl groups is 1. The first-order valence-corrected chi connectivity index (χ1v) is 9.01. The summed E-state index contributed by atoms with van der Waals surface area (Å²) >= 11 is 0. The summed E-state index contributed by atoms with van der Waals surface area (Å²) in [5.74, 6) is -0.969. The van der Waals surface area contributed by atoms with Gasteiger partial charge in [0.05, 0.1) is 29.7 Å². The molecule has 140 valence electrons. The lowest BCUT2D eigenvalue weighted by molar-refractivity contribution is -0.0427. The molecule has 7 nitrogen and oxygen atoms in total. The Hall–Kier alpha value is -2.77. The monoisotopic (exact) mass is 367 g/mol. The molecule has 1 fully saturated rings. The van der Waals surface area contributed by atoms with Gasteiger partial charge in [-0.1, -0.05) is 0 Å². The van der Waals surface area contributed by atoms with Crippen LogP contribution in [0, 0.1) is 6.92 Å². The van der Waals surface area contributed by atoms with E-state index in [1.807, 2.05) is 13.0 Å². The first-order valence-electron chi connectivity index (χ1n) is 9.01. The predicted molar refractivity (Wildman–Crippen MR) is 99.1 cm³/mol. The molecule has 27 heavy (non-hydrogen) atoms. The van der Waals surface area contributed by atoms with Crippen LogP contribution in [-0.2, 0) is 4.74 Å². The van der Waals surface area contributed by atoms with Gasteiger partial charge in [0.25, 0.3) is 0 Å². The summed E-state index contributed by atoms with van der Waals surface area (Å²) in [5.41, 5.74) is 3.09. The Morgan fingerprint density at radius 3 is 2.70 bits per heavy atom. The standard InChI is InChI=1S/C20H21N3O4/c1-12-17-9-14(18(24)11-27-16-3-2-4-16)10-21-19(17)23(22-12)15-7-5-13(6-8-15)20(25)26/h5-10,16,18,24H,2-4,11H2,1H3,(H,25,26)/t18-/m1/s1. The lowest BCUT2D eigenvalue weighted by Gasteiger charge is -2.26. The molecular weight excluding hydrogens is 346 g/mol. The Bertz CT molecular complexity index is 977. The van der Waals surface area contributed by atoms with Crippen LogP contribution in [0.25, 0.3) is 16.7 Å². The first-order chi connectivity index (χ1) is 13.0. The molecule has 2 aromatic heterocycles. The normalized spacial score (nSPS) is 15.6. The predicted octanol–water partition coefficient (Wildman–Crippen LogP) is 3.03. The highest BCUT2D eigenvalue weighted by Gasteiger charge is 2.20. The van der Waals surface area contributed by atoms with Crippen molar-refractivity contribution in [1.29, 1.82) is 0 Å². The zero-order valence-corrected chi connectivity index (χ0v) is 15.0. The largest absolute Gasteiger partial charge is 0.478 e. The average molecular weight is 367 g/mol. The van der Waals surface area contributed by atoms with Crippen molar-refractivity contribution in [3.8, 4) is 5.69 Å². The van der Waals surface area contributed by atoms with E-state index in [0.29, 0.717) is 11.2 Å². The van der Waals surface area contributed by atoms with Gasteiger partial charge in [-0.3, -0.25) is 0 Å². The van der Waals surface area contributed by atoms with Crippen LogP contribution in [0.5, 0.6) is 0 Å². The maximum absolute atomic E-state index is 11.0. The molecule has 0 saturated heterocycles. The highest BCUT2D eigenvalue weighted by molar-refractivity contribution is 5.88. The first kappa shape index (κ1) is 17.6. The molecule has 1 saturated carbocycles. The number of aromatic carboxylic acids is 1. The third-order valence-electron chi connectivity index (χ3n) is 5.01. The van der Waals surface area contributed by atoms with Crippen molar-refractivity contribution in [1.82, 2.24) is 14.8 Å². The van der Waals surface area contributed by atoms with E-state index >= 15 is 0 Å². The van der Waals surface area contributed by atoms with Crippen LogP contribution < -0.4 is 0 Å². The number of benzene rings is 1. The van der Waals surface area contributed by atoms with Crippen molar-refractivity contribution < 1.29 is 19.7 Å². The summed E-state index contributed by atoms with van der Waals surface area (Å²) in [4.78, 5) is 15.5. The summed E-state index contributed by atoms with van der Waals surface area (Å²) in [5, 5.41) is 24.8. The lowest BCUT2D eigenvalue weighted by atomic mass is 9.96. The third-order valence-corrected chi connectivity index (χ3v) is 5.01. The number of ether oxygens (including phenoxy) is 1. The van der Waals surface area contributed by atoms with Gasteiger partial charge in [0.2, 0.25) is 0 Å². The van der Waals surface area contributed by atoms with Crippen LogP contribution in [0.3, 0.4) is 0 Å². The molecule has 0 amide bonds. The van der Waals surface area contributed by atoms with E-state index < -0.39 is 12.1 Å². The highest BCUT2D eigenvalue weighted by Crippen LogP contribution is 2.26. The lowest BCUT2D eigenvalue weighted by Crippen LogP contribution is -2.24. The van der Waals surface area contributed by atoms with Gasteiger partial charge in [0, 0.05) is 17.1 Å². The quantitative estimate of drug-likeness (QED) is 0.695. The fraction of sp³-hybridized carbons (Fsp3) is 0.350. The van der Waals surface area contributed by atoms with Crippen molar-refractivity contribution in [2.24, 2.45) is 0 Å². The second-order valence-electron chi connectivity index (χ2n) is 6.89. The van der Waals surface area contributed by atoms with Gasteiger partial charge in [-0.25, -0.2) is 14.5 Å². The SMILES string of the molecule is Cc1nn(-c2ccc(C(=O)O)cc2)c2ncc([C@H](O)COC3CCC3)cc12. The molecule has 3 aromatic rings. The second kappa shape index (κ2) is 7.09. The number of hydrogen-bond donors (Lipinski definition) is 2. The number of pyridine rings is 1. The number of nitrogens with zero attached hydrogens (tertiary/aromatic N) is 3. The maximum atomic E-state index is 11.0. The minimum Gasteiger partial charge on any atom is -0.478 e. The van der Waals surface area contributed by atoms with E-state index in [9.17, 15) is 9.90 Å². The Balaban J connectivity index is 1.61. The third kappa shape index (κ3) is 3.43. The van der Waals surface area contributed by atoms with Crippen molar-refractivity contribution in [2.45, 2.75) is 38.4 Å². The molecule has 1 aliphatic rings. The van der Waals surface area contributed by atoms with Gasteiger partial charge in [-0.2, -0.15) is 5.10 Å². The Morgan fingerprint density at radius 1 is 1.33 bits per heavy atom. The molecule has 0 radical (unpaired) electrons. The number of fused-ring (bicyclic) bond motifs is 1. The van der Waals surface area contributed by atoms with E-state index in [4.69, 9.17) is 9.84 Å². The van der Waals surface area contributed by atoms with Crippen LogP contribution in [0.2, 0.25) is 0 Å². The number of hydrogen-bond acceptors (Lipinski definition) is 5. The molecule has 2 heterocycles. The summed E-state index contributed by atoms with van der Waals surface area (Å²) in [6, 6.07) is 8.37. The molecular formula is C20H21N3O4. The fourth-order valence-electron chi connectivity index (χ4n) is 3.13. The van der Waals surface area contributed by atoms with Crippen LogP contribution in [0.15, 0.2) is 36.5 Å². The van der Waals surface area contributed by atoms with Gasteiger partial charge >= 0.3 is 5.97 Å². The smallest absolute Gasteiger partial charge is 0.335 e. The molecule has 1 atom stereocenters. The molecule has 1 aromatic carbocycles. The van der Waals surface area contributed by atoms with Crippen molar-refractivity contribution in [2.75, 3.05) is 6.61 Å². The van der Waals surface area contributed by atoms with Crippen LogP contribution in [-0.4, -0.2) is 43.7 Å². The van der Waals surface area contributed by atoms with Gasteiger partial charge in [-0.05, 0) is 56.5 Å². The number of carbonyl (C=O) groups is 1. The second-order valence-corrected chi connectivity index (χ2v) is 6.89. The van der Waals surface area contributed by atoms with Crippen LogP contribution in [0.4, 0.5) is 0 Å². The fourth-order valence-corrected chi connectivity index (χ4v) is 3.13. The van der Waals surface area contributed by atoms with Gasteiger partial charge in [-0.15, -0.1) is 0 Å². The number of carboxylic acid groups (broad SMARTS) is 1. The number of aliphatic hydroxyl groups excluding tert-OH is 1. The minimum atomic E-state index is -0.969. The van der Waals surface area contributed by atoms with Crippen LogP contribution in [0.1, 0.15) is 47.0 Å². The molecule has 0 spiro atoms. The molecule has 2 N–H and O–H groups in total. The van der Waals surface area contributed by atoms with Gasteiger partial charge in [0.1, 0.15) is 6.10 Å². The van der Waals surface area contributed by atoms with Gasteiger partial charge < -0.3 is 14.9 Å². The van der Waals surface area contributed by atoms with E-state index in [1.54, 1.807) is 23.0 Å². The average Bonchev–Trinajstić information content (AvgIpc) is 2.96. The topological polar surface area (TPSA) is 97.5 Å². The summed E-state index contributed by atoms with van der Waals surface area (Å²) in [6.45, 7) is 2.15. The molecule has 4 rings (SSSR count). The van der Waals surface area contributed by atoms with E-state index in [2.05, 4.69) is 10.1 Å². The number of aromatic nitrogens is 3. The van der Waals surface area contributed by atoms with Crippen LogP contribution >= 0.6 is 0 Å². The summed E-state index contributed by atoms with van der Waals surface area (Å²) in [6.07, 6.45) is 4.52. The Kier molecular flexibility index (Phi) is 4.63. The van der Waals surface area contributed by atoms with Gasteiger partial charge in [0.15, 0.2) is 5.65 Å². The zero-order chi connectivity index (χ0) is 19.0. The summed E-state index contributed by atoms with van der Waals surface area (Å²) < 4.78 is 7.37. The number of rotatable bonds is 6. The maximum Gasteiger partial charge on any atom is 0.335 e. The van der Waals surface area contributed by atoms with E-state index in [1.165, 1.54) is 18.6 Å². The molecule has 0 aliphatic heterocycles. The molecule has 1 aliphatic carbocycles. The number of aryl methyl sites for hydroxylation is 1. The van der Waals surface area contributed by atoms with E-state index in [-0.39, 0.29) is 18.3 Å². The molecule has 7 heteroatoms. The van der Waals surface area contributed by atoms with Crippen molar-refractivity contribution >= 4 is 17.0 Å². The van der Waals surface area contributed by atoms with E-state index in [0.717, 1.165) is 29.6 Å². The Morgan fingerprint density at radius 2 is 2.07 bits per heavy atom. The Labute approximate surface area is 156 Å². The van der Waals surface area contributed by atoms with Crippen molar-refractivity contribution in [3.05, 3.63) is 53.3 Å². The zero-order valence-electron chi connectivity index (χ0n) is 15.0. The molecule has 0 bridgehead atoms. The number of carboxylic acids is 1.